The number of carbonyl (C=O) groups is 1. The number of hydrogen-bond acceptors (Lipinski definition) is 5. The molecule has 7 nitrogen and oxygen atoms in total. The summed E-state index contributed by atoms with van der Waals surface area (Å²) in [7, 11) is 0. The molecule has 0 spiro atoms. The van der Waals surface area contributed by atoms with Gasteiger partial charge in [0, 0.05) is 5.39 Å². The van der Waals surface area contributed by atoms with E-state index in [1.165, 1.54) is 0 Å². The minimum absolute atomic E-state index is 0.00798. The number of para-hydroxylation sites is 1. The van der Waals surface area contributed by atoms with Gasteiger partial charge in [-0.05, 0) is 18.2 Å². The zero-order valence-electron chi connectivity index (χ0n) is 13.3. The van der Waals surface area contributed by atoms with Gasteiger partial charge in [0.15, 0.2) is 5.69 Å². The Morgan fingerprint density at radius 3 is 2.44 bits per heavy atom. The number of aliphatic hydroxyl groups excluding tert-OH is 1. The molecule has 0 aliphatic heterocycles. The van der Waals surface area contributed by atoms with Crippen LogP contribution >= 0.6 is 0 Å². The predicted octanol–water partition coefficient (Wildman–Crippen LogP) is 0.935. The molecule has 1 amide bonds. The van der Waals surface area contributed by atoms with E-state index in [0.717, 1.165) is 4.68 Å². The molecule has 7 heteroatoms. The van der Waals surface area contributed by atoms with Gasteiger partial charge in [-0.1, -0.05) is 36.4 Å². The largest absolute Gasteiger partial charge is 0.491 e. The molecule has 0 fully saturated rings. The number of carbonyl (C=O) groups excluding carboxylic acids is 1. The van der Waals surface area contributed by atoms with Crippen LogP contribution in [0.4, 0.5) is 0 Å². The number of primary amides is 1. The smallest absolute Gasteiger partial charge is 0.274 e. The molecule has 25 heavy (non-hydrogen) atoms. The molecule has 3 rings (SSSR count). The molecule has 0 bridgehead atoms. The Morgan fingerprint density at radius 2 is 1.76 bits per heavy atom. The number of aromatic nitrogens is 2. The minimum Gasteiger partial charge on any atom is -0.491 e. The number of nitrogens with two attached hydrogens (primary N) is 1. The van der Waals surface area contributed by atoms with Crippen LogP contribution in [0.5, 0.6) is 5.75 Å². The number of hydrogen-bond donors (Lipinski definition) is 2. The van der Waals surface area contributed by atoms with E-state index >= 15 is 0 Å². The van der Waals surface area contributed by atoms with E-state index in [9.17, 15) is 14.7 Å². The summed E-state index contributed by atoms with van der Waals surface area (Å²) in [5.41, 5.74) is 4.95. The third-order valence-electron chi connectivity index (χ3n) is 3.67. The molecule has 0 aliphatic carbocycles. The molecule has 1 atom stereocenters. The van der Waals surface area contributed by atoms with Gasteiger partial charge >= 0.3 is 0 Å². The van der Waals surface area contributed by atoms with Gasteiger partial charge in [0.05, 0.1) is 11.9 Å². The van der Waals surface area contributed by atoms with Gasteiger partial charge in [-0.15, -0.1) is 0 Å². The Bertz CT molecular complexity index is 953. The topological polar surface area (TPSA) is 107 Å². The molecule has 1 unspecified atom stereocenters. The van der Waals surface area contributed by atoms with E-state index in [-0.39, 0.29) is 18.8 Å². The molecule has 0 aliphatic rings. The molecule has 0 saturated heterocycles. The van der Waals surface area contributed by atoms with Crippen LogP contribution in [0.1, 0.15) is 10.5 Å². The molecule has 3 aromatic rings. The van der Waals surface area contributed by atoms with Gasteiger partial charge in [-0.3, -0.25) is 9.59 Å². The number of rotatable bonds is 6. The first-order chi connectivity index (χ1) is 12.1. The molecule has 2 aromatic carbocycles. The third-order valence-corrected chi connectivity index (χ3v) is 3.67. The third kappa shape index (κ3) is 3.67. The van der Waals surface area contributed by atoms with Gasteiger partial charge in [-0.25, -0.2) is 4.68 Å². The fraction of sp³-hybridized carbons (Fsp3) is 0.167. The highest BCUT2D eigenvalue weighted by Crippen LogP contribution is 2.13. The average molecular weight is 339 g/mol. The van der Waals surface area contributed by atoms with Crippen molar-refractivity contribution in [2.45, 2.75) is 12.6 Å². The van der Waals surface area contributed by atoms with Crippen molar-refractivity contribution in [1.29, 1.82) is 0 Å². The van der Waals surface area contributed by atoms with Crippen LogP contribution in [0, 0.1) is 0 Å². The molecule has 1 heterocycles. The maximum Gasteiger partial charge on any atom is 0.274 e. The number of fused-ring (bicyclic) bond motifs is 1. The van der Waals surface area contributed by atoms with E-state index in [2.05, 4.69) is 5.10 Å². The van der Waals surface area contributed by atoms with Crippen molar-refractivity contribution in [3.8, 4) is 5.75 Å². The maximum absolute atomic E-state index is 12.5. The van der Waals surface area contributed by atoms with Gasteiger partial charge in [0.1, 0.15) is 18.5 Å². The Kier molecular flexibility index (Phi) is 4.76. The Morgan fingerprint density at radius 1 is 1.12 bits per heavy atom. The van der Waals surface area contributed by atoms with Crippen LogP contribution in [-0.4, -0.2) is 33.5 Å². The first-order valence-corrected chi connectivity index (χ1v) is 7.72. The van der Waals surface area contributed by atoms with Gasteiger partial charge in [0.2, 0.25) is 0 Å². The highest BCUT2D eigenvalue weighted by Gasteiger charge is 2.16. The van der Waals surface area contributed by atoms with Crippen LogP contribution < -0.4 is 16.0 Å². The number of nitrogens with zero attached hydrogens (tertiary/aromatic N) is 2. The van der Waals surface area contributed by atoms with Crippen molar-refractivity contribution in [1.82, 2.24) is 9.78 Å². The number of benzene rings is 2. The lowest BCUT2D eigenvalue weighted by Gasteiger charge is -2.14. The summed E-state index contributed by atoms with van der Waals surface area (Å²) in [4.78, 5) is 24.1. The first kappa shape index (κ1) is 16.7. The number of aliphatic hydroxyl groups is 1. The standard InChI is InChI=1S/C18H17N3O4/c19-17(23)16-14-8-4-5-9-15(14)18(24)21(20-16)10-12(22)11-25-13-6-2-1-3-7-13/h1-9,12,22H,10-11H2,(H2,19,23). The molecule has 3 N–H and O–H groups in total. The van der Waals surface area contributed by atoms with Crippen LogP contribution in [0.25, 0.3) is 10.8 Å². The Balaban J connectivity index is 1.84. The van der Waals surface area contributed by atoms with Crippen molar-refractivity contribution in [3.05, 3.63) is 70.6 Å². The fourth-order valence-electron chi connectivity index (χ4n) is 2.50. The van der Waals surface area contributed by atoms with E-state index in [1.807, 2.05) is 18.2 Å². The lowest BCUT2D eigenvalue weighted by atomic mass is 10.1. The van der Waals surface area contributed by atoms with Crippen molar-refractivity contribution < 1.29 is 14.6 Å². The number of amides is 1. The molecule has 1 aromatic heterocycles. The second kappa shape index (κ2) is 7.14. The van der Waals surface area contributed by atoms with Gasteiger partial charge < -0.3 is 15.6 Å². The lowest BCUT2D eigenvalue weighted by Crippen LogP contribution is -2.34. The minimum atomic E-state index is -0.979. The SMILES string of the molecule is NC(=O)c1nn(CC(O)COc2ccccc2)c(=O)c2ccccc12. The summed E-state index contributed by atoms with van der Waals surface area (Å²) in [6, 6.07) is 15.6. The summed E-state index contributed by atoms with van der Waals surface area (Å²) in [6.45, 7) is -0.131. The van der Waals surface area contributed by atoms with Crippen LogP contribution in [0.3, 0.4) is 0 Å². The molecule has 0 radical (unpaired) electrons. The molecular formula is C18H17N3O4. The van der Waals surface area contributed by atoms with E-state index < -0.39 is 17.6 Å². The average Bonchev–Trinajstić information content (AvgIpc) is 2.63. The highest BCUT2D eigenvalue weighted by atomic mass is 16.5. The highest BCUT2D eigenvalue weighted by molar-refractivity contribution is 6.03. The van der Waals surface area contributed by atoms with Gasteiger partial charge in [-0.2, -0.15) is 5.10 Å². The zero-order valence-corrected chi connectivity index (χ0v) is 13.3. The molecule has 128 valence electrons. The van der Waals surface area contributed by atoms with Crippen LogP contribution in [-0.2, 0) is 6.54 Å². The van der Waals surface area contributed by atoms with E-state index in [4.69, 9.17) is 10.5 Å². The Hall–Kier alpha value is -3.19. The first-order valence-electron chi connectivity index (χ1n) is 7.72. The summed E-state index contributed by atoms with van der Waals surface area (Å²) in [5, 5.41) is 14.9. The van der Waals surface area contributed by atoms with Crippen molar-refractivity contribution >= 4 is 16.7 Å². The van der Waals surface area contributed by atoms with Crippen LogP contribution in [0.15, 0.2) is 59.4 Å². The van der Waals surface area contributed by atoms with Crippen molar-refractivity contribution in [2.75, 3.05) is 6.61 Å². The quantitative estimate of drug-likeness (QED) is 0.695. The molecule has 0 saturated carbocycles. The van der Waals surface area contributed by atoms with E-state index in [1.54, 1.807) is 36.4 Å². The lowest BCUT2D eigenvalue weighted by molar-refractivity contribution is 0.0871. The summed E-state index contributed by atoms with van der Waals surface area (Å²) < 4.78 is 6.50. The monoisotopic (exact) mass is 339 g/mol. The summed E-state index contributed by atoms with van der Waals surface area (Å²) in [6.07, 6.45) is -0.979. The molecular weight excluding hydrogens is 322 g/mol. The predicted molar refractivity (Wildman–Crippen MR) is 92.5 cm³/mol. The van der Waals surface area contributed by atoms with Gasteiger partial charge in [0.25, 0.3) is 11.5 Å². The fourth-order valence-corrected chi connectivity index (χ4v) is 2.50. The van der Waals surface area contributed by atoms with E-state index in [0.29, 0.717) is 16.5 Å². The van der Waals surface area contributed by atoms with Crippen molar-refractivity contribution in [2.24, 2.45) is 5.73 Å². The summed E-state index contributed by atoms with van der Waals surface area (Å²) >= 11 is 0. The maximum atomic E-state index is 12.5. The number of ether oxygens (including phenoxy) is 1. The Labute approximate surface area is 143 Å². The normalized spacial score (nSPS) is 12.0. The van der Waals surface area contributed by atoms with Crippen molar-refractivity contribution in [3.63, 3.8) is 0 Å². The second-order valence-corrected chi connectivity index (χ2v) is 5.52. The van der Waals surface area contributed by atoms with Crippen LogP contribution in [0.2, 0.25) is 0 Å². The second-order valence-electron chi connectivity index (χ2n) is 5.52. The summed E-state index contributed by atoms with van der Waals surface area (Å²) in [5.74, 6) is -0.127. The zero-order chi connectivity index (χ0) is 17.8.